The van der Waals surface area contributed by atoms with Gasteiger partial charge in [0.25, 0.3) is 0 Å². The quantitative estimate of drug-likeness (QED) is 0.601. The molecule has 0 saturated carbocycles. The number of benzene rings is 2. The average Bonchev–Trinajstić information content (AvgIpc) is 2.87. The van der Waals surface area contributed by atoms with Crippen LogP contribution in [0.2, 0.25) is 5.02 Å². The van der Waals surface area contributed by atoms with E-state index in [-0.39, 0.29) is 22.6 Å². The van der Waals surface area contributed by atoms with Gasteiger partial charge in [0, 0.05) is 35.1 Å². The summed E-state index contributed by atoms with van der Waals surface area (Å²) in [5.41, 5.74) is 4.49. The molecule has 33 heavy (non-hydrogen) atoms. The van der Waals surface area contributed by atoms with Gasteiger partial charge in [-0.2, -0.15) is 5.10 Å². The molecule has 2 aliphatic rings. The minimum absolute atomic E-state index is 0.0366. The molecule has 2 heterocycles. The summed E-state index contributed by atoms with van der Waals surface area (Å²) in [5, 5.41) is 6.44. The monoisotopic (exact) mass is 487 g/mol. The van der Waals surface area contributed by atoms with Gasteiger partial charge in [-0.3, -0.25) is 10.0 Å². The minimum atomic E-state index is -3.25. The van der Waals surface area contributed by atoms with Crippen molar-refractivity contribution in [1.82, 2.24) is 5.01 Å². The number of likely N-dealkylation sites (N-methyl/N-ethyl adjacent to an activating group) is 1. The molecule has 172 valence electrons. The Bertz CT molecular complexity index is 1330. The van der Waals surface area contributed by atoms with E-state index in [2.05, 4.69) is 5.10 Å². The van der Waals surface area contributed by atoms with Crippen molar-refractivity contribution in [3.63, 3.8) is 0 Å². The van der Waals surface area contributed by atoms with Crippen LogP contribution < -0.4 is 0 Å². The largest absolute Gasteiger partial charge is 0.301 e. The van der Waals surface area contributed by atoms with Crippen molar-refractivity contribution in [1.29, 1.82) is 0 Å². The number of carbonyl (C=O) groups is 1. The fourth-order valence-electron chi connectivity index (χ4n) is 4.00. The van der Waals surface area contributed by atoms with Crippen molar-refractivity contribution in [3.8, 4) is 0 Å². The predicted molar refractivity (Wildman–Crippen MR) is 128 cm³/mol. The third kappa shape index (κ3) is 4.50. The number of nitrogens with zero attached hydrogens (tertiary/aromatic N) is 3. The molecule has 0 saturated heterocycles. The van der Waals surface area contributed by atoms with E-state index in [9.17, 15) is 17.6 Å². The van der Waals surface area contributed by atoms with Crippen LogP contribution in [0.25, 0.3) is 0 Å². The van der Waals surface area contributed by atoms with Gasteiger partial charge in [0.1, 0.15) is 18.1 Å². The highest BCUT2D eigenvalue weighted by molar-refractivity contribution is 7.90. The Morgan fingerprint density at radius 1 is 1.12 bits per heavy atom. The summed E-state index contributed by atoms with van der Waals surface area (Å²) in [6, 6.07) is 8.58. The molecule has 0 amide bonds. The molecule has 2 aromatic rings. The molecule has 0 radical (unpaired) electrons. The number of sulfone groups is 1. The van der Waals surface area contributed by atoms with E-state index < -0.39 is 21.7 Å². The lowest BCUT2D eigenvalue weighted by Crippen LogP contribution is -2.34. The second-order valence-corrected chi connectivity index (χ2v) is 10.9. The Morgan fingerprint density at radius 2 is 1.85 bits per heavy atom. The lowest BCUT2D eigenvalue weighted by molar-refractivity contribution is -0.110. The van der Waals surface area contributed by atoms with Crippen molar-refractivity contribution >= 4 is 39.1 Å². The maximum Gasteiger partial charge on any atom is 0.154 e. The molecule has 0 aliphatic carbocycles. The van der Waals surface area contributed by atoms with E-state index in [0.29, 0.717) is 33.7 Å². The topological polar surface area (TPSA) is 79.2 Å². The molecule has 2 aliphatic heterocycles. The number of hydrazone groups is 1. The lowest BCUT2D eigenvalue weighted by atomic mass is 9.90. The normalized spacial score (nSPS) is 20.2. The molecule has 0 N–H and O–H groups in total. The number of rotatable bonds is 5. The first kappa shape index (κ1) is 23.3. The zero-order valence-electron chi connectivity index (χ0n) is 18.4. The first-order chi connectivity index (χ1) is 15.6. The predicted octanol–water partition coefficient (Wildman–Crippen LogP) is 3.80. The van der Waals surface area contributed by atoms with Gasteiger partial charge < -0.3 is 4.79 Å². The standard InChI is InChI=1S/C24H23ClFN3O3S/c1-4-33(31,32)13-15-5-7-18-21(9-15)24-20(11-17(12-30)29(3)28-24)14(2)27-23(18)19-8-6-16(26)10-22(19)25/h5-12,14,17H,4,13H2,1-3H3. The number of hydrogen-bond acceptors (Lipinski definition) is 6. The summed E-state index contributed by atoms with van der Waals surface area (Å²) in [7, 11) is -1.55. The van der Waals surface area contributed by atoms with E-state index in [1.807, 2.05) is 13.0 Å². The smallest absolute Gasteiger partial charge is 0.154 e. The van der Waals surface area contributed by atoms with Crippen LogP contribution in [0.15, 0.2) is 58.1 Å². The molecule has 6 nitrogen and oxygen atoms in total. The van der Waals surface area contributed by atoms with Gasteiger partial charge in [-0.25, -0.2) is 12.8 Å². The van der Waals surface area contributed by atoms with Crippen molar-refractivity contribution in [2.75, 3.05) is 12.8 Å². The molecule has 9 heteroatoms. The zero-order valence-corrected chi connectivity index (χ0v) is 20.0. The maximum absolute atomic E-state index is 13.7. The molecule has 2 atom stereocenters. The Hall–Kier alpha value is -2.84. The molecular weight excluding hydrogens is 465 g/mol. The van der Waals surface area contributed by atoms with Gasteiger partial charge in [-0.1, -0.05) is 30.7 Å². The molecule has 0 fully saturated rings. The highest BCUT2D eigenvalue weighted by Gasteiger charge is 2.32. The summed E-state index contributed by atoms with van der Waals surface area (Å²) < 4.78 is 38.3. The Balaban J connectivity index is 1.98. The highest BCUT2D eigenvalue weighted by Crippen LogP contribution is 2.32. The van der Waals surface area contributed by atoms with Crippen LogP contribution in [0, 0.1) is 5.82 Å². The second-order valence-electron chi connectivity index (χ2n) is 8.11. The number of halogens is 2. The summed E-state index contributed by atoms with van der Waals surface area (Å²) >= 11 is 6.39. The van der Waals surface area contributed by atoms with Crippen LogP contribution in [0.5, 0.6) is 0 Å². The van der Waals surface area contributed by atoms with E-state index in [1.54, 1.807) is 43.2 Å². The fourth-order valence-corrected chi connectivity index (χ4v) is 5.14. The number of aldehydes is 1. The third-order valence-corrected chi connectivity index (χ3v) is 7.80. The van der Waals surface area contributed by atoms with Gasteiger partial charge in [-0.15, -0.1) is 0 Å². The highest BCUT2D eigenvalue weighted by atomic mass is 35.5. The van der Waals surface area contributed by atoms with Crippen molar-refractivity contribution in [3.05, 3.63) is 81.1 Å². The van der Waals surface area contributed by atoms with Crippen LogP contribution in [0.3, 0.4) is 0 Å². The maximum atomic E-state index is 13.7. The first-order valence-corrected chi connectivity index (χ1v) is 12.7. The lowest BCUT2D eigenvalue weighted by Gasteiger charge is -2.27. The minimum Gasteiger partial charge on any atom is -0.301 e. The van der Waals surface area contributed by atoms with Gasteiger partial charge >= 0.3 is 0 Å². The Labute approximate surface area is 197 Å². The van der Waals surface area contributed by atoms with E-state index in [0.717, 1.165) is 11.9 Å². The van der Waals surface area contributed by atoms with Gasteiger partial charge in [0.05, 0.1) is 28.2 Å². The van der Waals surface area contributed by atoms with E-state index in [1.165, 1.54) is 12.1 Å². The number of aliphatic imine (C=N–C) groups is 1. The Morgan fingerprint density at radius 3 is 2.52 bits per heavy atom. The van der Waals surface area contributed by atoms with Gasteiger partial charge in [-0.05, 0) is 42.8 Å². The fraction of sp³-hybridized carbons (Fsp3) is 0.292. The molecular formula is C24H23ClFN3O3S. The van der Waals surface area contributed by atoms with Crippen LogP contribution in [0.1, 0.15) is 36.1 Å². The molecule has 0 aromatic heterocycles. The zero-order chi connectivity index (χ0) is 23.9. The summed E-state index contributed by atoms with van der Waals surface area (Å²) in [5.74, 6) is -0.521. The SMILES string of the molecule is CCS(=O)(=O)Cc1ccc2c(c1)C1=NN(C)C(C=O)C=C1C(C)N=C2c1ccc(F)cc1Cl. The van der Waals surface area contributed by atoms with Gasteiger partial charge in [0.15, 0.2) is 9.84 Å². The van der Waals surface area contributed by atoms with Crippen LogP contribution >= 0.6 is 11.6 Å². The Kier molecular flexibility index (Phi) is 6.24. The van der Waals surface area contributed by atoms with Crippen LogP contribution in [-0.2, 0) is 20.4 Å². The average molecular weight is 488 g/mol. The van der Waals surface area contributed by atoms with Crippen LogP contribution in [-0.4, -0.2) is 56.0 Å². The molecule has 2 aromatic carbocycles. The number of fused-ring (bicyclic) bond motifs is 3. The number of hydrogen-bond donors (Lipinski definition) is 0. The molecule has 0 spiro atoms. The van der Waals surface area contributed by atoms with Crippen molar-refractivity contribution in [2.24, 2.45) is 10.1 Å². The molecule has 4 rings (SSSR count). The first-order valence-electron chi connectivity index (χ1n) is 10.5. The molecule has 0 bridgehead atoms. The molecule has 2 unspecified atom stereocenters. The van der Waals surface area contributed by atoms with Crippen molar-refractivity contribution in [2.45, 2.75) is 31.7 Å². The summed E-state index contributed by atoms with van der Waals surface area (Å²) in [6.45, 7) is 3.50. The summed E-state index contributed by atoms with van der Waals surface area (Å²) in [6.07, 6.45) is 2.62. The van der Waals surface area contributed by atoms with Crippen LogP contribution in [0.4, 0.5) is 4.39 Å². The second kappa shape index (κ2) is 8.83. The van der Waals surface area contributed by atoms with Gasteiger partial charge in [0.2, 0.25) is 0 Å². The third-order valence-electron chi connectivity index (χ3n) is 5.83. The van der Waals surface area contributed by atoms with E-state index in [4.69, 9.17) is 16.6 Å². The summed E-state index contributed by atoms with van der Waals surface area (Å²) in [4.78, 5) is 16.5. The number of carbonyl (C=O) groups excluding carboxylic acids is 1. The van der Waals surface area contributed by atoms with Crippen molar-refractivity contribution < 1.29 is 17.6 Å². The van der Waals surface area contributed by atoms with E-state index >= 15 is 0 Å².